The molecule has 3 heteroatoms. The van der Waals surface area contributed by atoms with Gasteiger partial charge in [0, 0.05) is 11.6 Å². The average Bonchev–Trinajstić information content (AvgIpc) is 2.65. The summed E-state index contributed by atoms with van der Waals surface area (Å²) in [4.78, 5) is 0. The molecule has 0 aliphatic heterocycles. The smallest absolute Gasteiger partial charge is 0.124 e. The Morgan fingerprint density at radius 3 is 2.75 bits per heavy atom. The van der Waals surface area contributed by atoms with Gasteiger partial charge in [0.05, 0.1) is 6.10 Å². The first-order valence-electron chi connectivity index (χ1n) is 5.87. The molecule has 0 saturated heterocycles. The Balaban J connectivity index is 2.14. The van der Waals surface area contributed by atoms with Crippen LogP contribution in [0.5, 0.6) is 5.75 Å². The third kappa shape index (κ3) is 2.36. The second kappa shape index (κ2) is 4.85. The second-order valence-electron chi connectivity index (χ2n) is 4.48. The summed E-state index contributed by atoms with van der Waals surface area (Å²) < 4.78 is 5.85. The second-order valence-corrected chi connectivity index (χ2v) is 4.48. The predicted octanol–water partition coefficient (Wildman–Crippen LogP) is 2.00. The van der Waals surface area contributed by atoms with E-state index in [9.17, 15) is 5.11 Å². The van der Waals surface area contributed by atoms with Crippen LogP contribution in [0.1, 0.15) is 37.8 Å². The lowest BCUT2D eigenvalue weighted by Crippen LogP contribution is -2.26. The highest BCUT2D eigenvalue weighted by Crippen LogP contribution is 2.29. The Hall–Kier alpha value is -1.06. The molecule has 1 saturated carbocycles. The Morgan fingerprint density at radius 2 is 2.12 bits per heavy atom. The molecule has 1 aliphatic rings. The van der Waals surface area contributed by atoms with E-state index in [2.05, 4.69) is 0 Å². The highest BCUT2D eigenvalue weighted by atomic mass is 16.5. The molecule has 1 aromatic rings. The SMILES string of the molecule is CC(N)c1ccccc1OC1CCCC1O. The van der Waals surface area contributed by atoms with Gasteiger partial charge in [-0.1, -0.05) is 18.2 Å². The van der Waals surface area contributed by atoms with Crippen molar-refractivity contribution in [2.45, 2.75) is 44.4 Å². The summed E-state index contributed by atoms with van der Waals surface area (Å²) in [5.74, 6) is 0.809. The van der Waals surface area contributed by atoms with Gasteiger partial charge in [0.15, 0.2) is 0 Å². The zero-order valence-electron chi connectivity index (χ0n) is 9.60. The maximum Gasteiger partial charge on any atom is 0.124 e. The number of ether oxygens (including phenoxy) is 1. The molecular weight excluding hydrogens is 202 g/mol. The van der Waals surface area contributed by atoms with Crippen LogP contribution in [0.3, 0.4) is 0 Å². The summed E-state index contributed by atoms with van der Waals surface area (Å²) in [6, 6.07) is 7.74. The Labute approximate surface area is 96.2 Å². The standard InChI is InChI=1S/C13H19NO2/c1-9(14)10-5-2-3-7-12(10)16-13-8-4-6-11(13)15/h2-3,5,7,9,11,13,15H,4,6,8,14H2,1H3. The fraction of sp³-hybridized carbons (Fsp3) is 0.538. The molecule has 1 aliphatic carbocycles. The summed E-state index contributed by atoms with van der Waals surface area (Å²) >= 11 is 0. The van der Waals surface area contributed by atoms with Gasteiger partial charge in [-0.25, -0.2) is 0 Å². The predicted molar refractivity (Wildman–Crippen MR) is 63.3 cm³/mol. The van der Waals surface area contributed by atoms with Gasteiger partial charge in [0.1, 0.15) is 11.9 Å². The molecule has 1 aromatic carbocycles. The Kier molecular flexibility index (Phi) is 3.46. The molecule has 0 heterocycles. The van der Waals surface area contributed by atoms with Crippen molar-refractivity contribution in [3.63, 3.8) is 0 Å². The molecule has 0 bridgehead atoms. The van der Waals surface area contributed by atoms with E-state index in [0.29, 0.717) is 0 Å². The molecule has 3 unspecified atom stereocenters. The van der Waals surface area contributed by atoms with Crippen LogP contribution in [0.2, 0.25) is 0 Å². The van der Waals surface area contributed by atoms with Gasteiger partial charge in [-0.2, -0.15) is 0 Å². The fourth-order valence-corrected chi connectivity index (χ4v) is 2.17. The van der Waals surface area contributed by atoms with E-state index in [0.717, 1.165) is 30.6 Å². The van der Waals surface area contributed by atoms with E-state index >= 15 is 0 Å². The maximum absolute atomic E-state index is 9.72. The lowest BCUT2D eigenvalue weighted by molar-refractivity contribution is 0.0596. The number of para-hydroxylation sites is 1. The molecule has 16 heavy (non-hydrogen) atoms. The molecule has 3 nitrogen and oxygen atoms in total. The highest BCUT2D eigenvalue weighted by molar-refractivity contribution is 5.35. The van der Waals surface area contributed by atoms with Crippen molar-refractivity contribution >= 4 is 0 Å². The largest absolute Gasteiger partial charge is 0.487 e. The molecule has 1 fully saturated rings. The number of aliphatic hydroxyl groups excluding tert-OH is 1. The van der Waals surface area contributed by atoms with Crippen molar-refractivity contribution in [3.8, 4) is 5.75 Å². The van der Waals surface area contributed by atoms with E-state index in [4.69, 9.17) is 10.5 Å². The van der Waals surface area contributed by atoms with Crippen LogP contribution < -0.4 is 10.5 Å². The monoisotopic (exact) mass is 221 g/mol. The first kappa shape index (κ1) is 11.4. The summed E-state index contributed by atoms with van der Waals surface area (Å²) in [5, 5.41) is 9.72. The van der Waals surface area contributed by atoms with Crippen LogP contribution in [0.4, 0.5) is 0 Å². The molecular formula is C13H19NO2. The molecule has 0 aromatic heterocycles. The number of benzene rings is 1. The fourth-order valence-electron chi connectivity index (χ4n) is 2.17. The van der Waals surface area contributed by atoms with Crippen molar-refractivity contribution in [1.82, 2.24) is 0 Å². The number of aliphatic hydroxyl groups is 1. The molecule has 3 atom stereocenters. The van der Waals surface area contributed by atoms with E-state index in [1.54, 1.807) is 0 Å². The highest BCUT2D eigenvalue weighted by Gasteiger charge is 2.27. The lowest BCUT2D eigenvalue weighted by atomic mass is 10.1. The lowest BCUT2D eigenvalue weighted by Gasteiger charge is -2.20. The van der Waals surface area contributed by atoms with Crippen LogP contribution in [0.15, 0.2) is 24.3 Å². The zero-order chi connectivity index (χ0) is 11.5. The Morgan fingerprint density at radius 1 is 1.38 bits per heavy atom. The summed E-state index contributed by atoms with van der Waals surface area (Å²) in [5.41, 5.74) is 6.88. The number of nitrogens with two attached hydrogens (primary N) is 1. The van der Waals surface area contributed by atoms with Gasteiger partial charge in [0.2, 0.25) is 0 Å². The van der Waals surface area contributed by atoms with Crippen molar-refractivity contribution in [2.24, 2.45) is 5.73 Å². The molecule has 0 amide bonds. The van der Waals surface area contributed by atoms with Gasteiger partial charge in [-0.3, -0.25) is 0 Å². The quantitative estimate of drug-likeness (QED) is 0.820. The van der Waals surface area contributed by atoms with Crippen LogP contribution in [0, 0.1) is 0 Å². The molecule has 2 rings (SSSR count). The normalized spacial score (nSPS) is 26.7. The molecule has 3 N–H and O–H groups in total. The van der Waals surface area contributed by atoms with Gasteiger partial charge in [-0.15, -0.1) is 0 Å². The van der Waals surface area contributed by atoms with E-state index in [-0.39, 0.29) is 18.2 Å². The van der Waals surface area contributed by atoms with Crippen molar-refractivity contribution in [3.05, 3.63) is 29.8 Å². The van der Waals surface area contributed by atoms with E-state index in [1.165, 1.54) is 0 Å². The van der Waals surface area contributed by atoms with E-state index < -0.39 is 0 Å². The summed E-state index contributed by atoms with van der Waals surface area (Å²) in [7, 11) is 0. The van der Waals surface area contributed by atoms with Crippen LogP contribution in [-0.2, 0) is 0 Å². The topological polar surface area (TPSA) is 55.5 Å². The van der Waals surface area contributed by atoms with E-state index in [1.807, 2.05) is 31.2 Å². The van der Waals surface area contributed by atoms with Gasteiger partial charge >= 0.3 is 0 Å². The van der Waals surface area contributed by atoms with Crippen LogP contribution in [0.25, 0.3) is 0 Å². The average molecular weight is 221 g/mol. The van der Waals surface area contributed by atoms with Gasteiger partial charge in [-0.05, 0) is 32.3 Å². The number of rotatable bonds is 3. The molecule has 88 valence electrons. The third-order valence-corrected chi connectivity index (χ3v) is 3.11. The zero-order valence-corrected chi connectivity index (χ0v) is 9.60. The van der Waals surface area contributed by atoms with Crippen molar-refractivity contribution < 1.29 is 9.84 Å². The number of hydrogen-bond acceptors (Lipinski definition) is 3. The molecule has 0 radical (unpaired) electrons. The Bertz CT molecular complexity index is 352. The summed E-state index contributed by atoms with van der Waals surface area (Å²) in [6.07, 6.45) is 2.40. The maximum atomic E-state index is 9.72. The first-order chi connectivity index (χ1) is 7.68. The summed E-state index contributed by atoms with van der Waals surface area (Å²) in [6.45, 7) is 1.94. The third-order valence-electron chi connectivity index (χ3n) is 3.11. The van der Waals surface area contributed by atoms with Gasteiger partial charge < -0.3 is 15.6 Å². The minimum Gasteiger partial charge on any atom is -0.487 e. The van der Waals surface area contributed by atoms with Crippen molar-refractivity contribution in [2.75, 3.05) is 0 Å². The van der Waals surface area contributed by atoms with Gasteiger partial charge in [0.25, 0.3) is 0 Å². The minimum atomic E-state index is -0.332. The van der Waals surface area contributed by atoms with Crippen LogP contribution in [-0.4, -0.2) is 17.3 Å². The number of hydrogen-bond donors (Lipinski definition) is 2. The minimum absolute atomic E-state index is 0.0465. The van der Waals surface area contributed by atoms with Crippen molar-refractivity contribution in [1.29, 1.82) is 0 Å². The first-order valence-corrected chi connectivity index (χ1v) is 5.87. The van der Waals surface area contributed by atoms with Crippen LogP contribution >= 0.6 is 0 Å². The molecule has 0 spiro atoms.